The molecule has 2 aromatic rings. The van der Waals surface area contributed by atoms with Gasteiger partial charge in [0.25, 0.3) is 15.9 Å². The van der Waals surface area contributed by atoms with Gasteiger partial charge >= 0.3 is 10.2 Å². The van der Waals surface area contributed by atoms with Crippen molar-refractivity contribution in [2.45, 2.75) is 18.1 Å². The van der Waals surface area contributed by atoms with Crippen LogP contribution < -0.4 is 9.03 Å². The summed E-state index contributed by atoms with van der Waals surface area (Å²) in [6.45, 7) is -0.689. The van der Waals surface area contributed by atoms with Crippen molar-refractivity contribution in [1.29, 1.82) is 0 Å². The van der Waals surface area contributed by atoms with Crippen LogP contribution >= 0.6 is 0 Å². The van der Waals surface area contributed by atoms with Gasteiger partial charge in [-0.05, 0) is 25.0 Å². The number of phenols is 1. The minimum Gasteiger partial charge on any atom is -0.506 e. The predicted molar refractivity (Wildman–Crippen MR) is 91.0 cm³/mol. The first-order valence-electron chi connectivity index (χ1n) is 7.75. The fraction of sp³-hybridized carbons (Fsp3) is 0.286. The summed E-state index contributed by atoms with van der Waals surface area (Å²) in [6, 6.07) is 2.22. The number of benzene rings is 1. The maximum absolute atomic E-state index is 15.0. The summed E-state index contributed by atoms with van der Waals surface area (Å²) in [5.41, 5.74) is -0.799. The molecule has 0 unspecified atom stereocenters. The van der Waals surface area contributed by atoms with Crippen LogP contribution in [0.5, 0.6) is 5.75 Å². The first-order chi connectivity index (χ1) is 12.6. The Balaban J connectivity index is 1.80. The fourth-order valence-electron chi connectivity index (χ4n) is 2.76. The Hall–Kier alpha value is -2.67. The maximum Gasteiger partial charge on any atom is 0.326 e. The molecular formula is C14H13FN4O6S2. The number of anilines is 1. The number of amides is 1. The zero-order valence-electron chi connectivity index (χ0n) is 13.5. The quantitative estimate of drug-likeness (QED) is 0.710. The maximum atomic E-state index is 15.0. The molecule has 144 valence electrons. The topological polar surface area (TPSA) is 139 Å². The first kappa shape index (κ1) is 17.7. The lowest BCUT2D eigenvalue weighted by molar-refractivity contribution is -0.117. The van der Waals surface area contributed by atoms with E-state index in [1.807, 2.05) is 0 Å². The number of aromatic nitrogens is 2. The number of halogens is 1. The molecule has 1 saturated carbocycles. The second-order valence-electron chi connectivity index (χ2n) is 6.18. The highest BCUT2D eigenvalue weighted by atomic mass is 32.2. The van der Waals surface area contributed by atoms with Gasteiger partial charge in [-0.2, -0.15) is 17.6 Å². The highest BCUT2D eigenvalue weighted by Crippen LogP contribution is 2.39. The highest BCUT2D eigenvalue weighted by molar-refractivity contribution is 7.92. The van der Waals surface area contributed by atoms with Crippen molar-refractivity contribution >= 4 is 31.8 Å². The van der Waals surface area contributed by atoms with Crippen LogP contribution in [0.25, 0.3) is 11.1 Å². The van der Waals surface area contributed by atoms with E-state index < -0.39 is 55.2 Å². The number of nitrogens with zero attached hydrogens (tertiary/aromatic N) is 3. The van der Waals surface area contributed by atoms with Crippen LogP contribution in [0.3, 0.4) is 0 Å². The van der Waals surface area contributed by atoms with Crippen LogP contribution in [0.15, 0.2) is 24.5 Å². The third-order valence-electron chi connectivity index (χ3n) is 4.24. The monoisotopic (exact) mass is 416 g/mol. The number of carbonyl (C=O) groups is 1. The van der Waals surface area contributed by atoms with Crippen LogP contribution in [0.2, 0.25) is 0 Å². The van der Waals surface area contributed by atoms with Crippen LogP contribution in [-0.2, 0) is 25.0 Å². The summed E-state index contributed by atoms with van der Waals surface area (Å²) in [5, 5.41) is 13.2. The van der Waals surface area contributed by atoms with Crippen LogP contribution in [0.1, 0.15) is 12.8 Å². The second-order valence-corrected chi connectivity index (χ2v) is 9.84. The molecule has 1 aliphatic heterocycles. The predicted octanol–water partition coefficient (Wildman–Crippen LogP) is -0.0839. The van der Waals surface area contributed by atoms with E-state index in [0.29, 0.717) is 17.1 Å². The summed E-state index contributed by atoms with van der Waals surface area (Å²) < 4.78 is 66.2. The number of hydrogen-bond donors (Lipinski definition) is 2. The van der Waals surface area contributed by atoms with Gasteiger partial charge in [-0.15, -0.1) is 0 Å². The third-order valence-corrected chi connectivity index (χ3v) is 7.65. The minimum atomic E-state index is -4.34. The van der Waals surface area contributed by atoms with Crippen LogP contribution in [0, 0.1) is 5.82 Å². The lowest BCUT2D eigenvalue weighted by Gasteiger charge is -2.18. The Morgan fingerprint density at radius 3 is 2.59 bits per heavy atom. The molecule has 1 saturated heterocycles. The van der Waals surface area contributed by atoms with Crippen molar-refractivity contribution in [2.75, 3.05) is 10.8 Å². The number of carbonyl (C=O) groups excluding carboxylic acids is 1. The molecular weight excluding hydrogens is 403 g/mol. The zero-order chi connectivity index (χ0) is 19.6. The van der Waals surface area contributed by atoms with Crippen LogP contribution in [-0.4, -0.2) is 48.8 Å². The summed E-state index contributed by atoms with van der Waals surface area (Å²) in [6.07, 6.45) is 3.31. The molecule has 0 radical (unpaired) electrons. The van der Waals surface area contributed by atoms with Gasteiger partial charge in [0.1, 0.15) is 18.0 Å². The third kappa shape index (κ3) is 2.82. The fourth-order valence-corrected chi connectivity index (χ4v) is 5.40. The first-order valence-corrected chi connectivity index (χ1v) is 10.7. The van der Waals surface area contributed by atoms with Gasteiger partial charge in [0, 0.05) is 11.1 Å². The molecule has 1 aliphatic carbocycles. The zero-order valence-corrected chi connectivity index (χ0v) is 15.2. The largest absolute Gasteiger partial charge is 0.506 e. The Kier molecular flexibility index (Phi) is 3.72. The van der Waals surface area contributed by atoms with E-state index >= 15 is 4.39 Å². The van der Waals surface area contributed by atoms with Gasteiger partial charge in [0.2, 0.25) is 0 Å². The molecule has 1 amide bonds. The molecule has 1 aromatic heterocycles. The normalized spacial score (nSPS) is 19.3. The number of nitrogens with one attached hydrogen (secondary N) is 1. The Labute approximate surface area is 153 Å². The van der Waals surface area contributed by atoms with E-state index in [0.717, 1.165) is 28.6 Å². The van der Waals surface area contributed by atoms with E-state index in [1.165, 1.54) is 0 Å². The highest BCUT2D eigenvalue weighted by Gasteiger charge is 2.39. The lowest BCUT2D eigenvalue weighted by atomic mass is 10.1. The number of phenolic OH excluding ortho intramolecular Hbond substituents is 1. The van der Waals surface area contributed by atoms with Gasteiger partial charge in [0.05, 0.1) is 17.6 Å². The standard InChI is InChI=1S/C14H13FN4O6S2/c15-13-10(8-5-16-19(6-8)26(22,23)9-1-2-9)3-4-11(20)14(13)18-7-12(21)17-27(18,24)25/h3-6,9,20H,1-2,7H2,(H,17,21). The van der Waals surface area contributed by atoms with Gasteiger partial charge in [-0.25, -0.2) is 21.8 Å². The molecule has 2 N–H and O–H groups in total. The van der Waals surface area contributed by atoms with Crippen molar-refractivity contribution in [1.82, 2.24) is 13.9 Å². The molecule has 0 bridgehead atoms. The molecule has 2 heterocycles. The minimum absolute atomic E-state index is 0.0776. The molecule has 0 atom stereocenters. The van der Waals surface area contributed by atoms with Gasteiger partial charge < -0.3 is 5.11 Å². The number of aromatic hydroxyl groups is 1. The van der Waals surface area contributed by atoms with E-state index in [4.69, 9.17) is 0 Å². The van der Waals surface area contributed by atoms with Gasteiger partial charge in [0.15, 0.2) is 5.82 Å². The lowest BCUT2D eigenvalue weighted by Crippen LogP contribution is -2.30. The van der Waals surface area contributed by atoms with E-state index in [9.17, 15) is 26.7 Å². The van der Waals surface area contributed by atoms with Crippen molar-refractivity contribution < 1.29 is 31.1 Å². The molecule has 1 aromatic carbocycles. The van der Waals surface area contributed by atoms with Crippen LogP contribution in [0.4, 0.5) is 10.1 Å². The summed E-state index contributed by atoms with van der Waals surface area (Å²) >= 11 is 0. The number of hydrogen-bond acceptors (Lipinski definition) is 7. The van der Waals surface area contributed by atoms with Gasteiger partial charge in [-0.1, -0.05) is 0 Å². The molecule has 4 rings (SSSR count). The Bertz CT molecular complexity index is 1170. The van der Waals surface area contributed by atoms with E-state index in [2.05, 4.69) is 5.10 Å². The summed E-state index contributed by atoms with van der Waals surface area (Å²) in [5.74, 6) is -2.68. The second kappa shape index (κ2) is 5.66. The molecule has 0 spiro atoms. The SMILES string of the molecule is O=C1CN(c2c(O)ccc(-c3cnn(S(=O)(=O)C4CC4)c3)c2F)S(=O)(=O)N1. The summed E-state index contributed by atoms with van der Waals surface area (Å²) in [4.78, 5) is 11.4. The Morgan fingerprint density at radius 1 is 1.30 bits per heavy atom. The molecule has 27 heavy (non-hydrogen) atoms. The van der Waals surface area contributed by atoms with Crippen molar-refractivity contribution in [2.24, 2.45) is 0 Å². The molecule has 13 heteroatoms. The molecule has 2 fully saturated rings. The Morgan fingerprint density at radius 2 is 2.00 bits per heavy atom. The number of rotatable bonds is 4. The van der Waals surface area contributed by atoms with E-state index in [-0.39, 0.29) is 11.1 Å². The van der Waals surface area contributed by atoms with E-state index in [1.54, 1.807) is 4.72 Å². The van der Waals surface area contributed by atoms with Crippen molar-refractivity contribution in [3.63, 3.8) is 0 Å². The average molecular weight is 416 g/mol. The van der Waals surface area contributed by atoms with Crippen molar-refractivity contribution in [3.8, 4) is 16.9 Å². The van der Waals surface area contributed by atoms with Crippen molar-refractivity contribution in [3.05, 3.63) is 30.3 Å². The summed E-state index contributed by atoms with van der Waals surface area (Å²) in [7, 11) is -7.99. The molecule has 2 aliphatic rings. The van der Waals surface area contributed by atoms with Gasteiger partial charge in [-0.3, -0.25) is 4.79 Å². The molecule has 10 nitrogen and oxygen atoms in total. The average Bonchev–Trinajstić information content (AvgIpc) is 3.25. The smallest absolute Gasteiger partial charge is 0.326 e.